The first-order valence-electron chi connectivity index (χ1n) is 7.89. The summed E-state index contributed by atoms with van der Waals surface area (Å²) in [5.74, 6) is 1.71. The number of hydrogen-bond acceptors (Lipinski definition) is 3. The molecular weight excluding hydrogens is 250 g/mol. The quantitative estimate of drug-likeness (QED) is 0.827. The highest BCUT2D eigenvalue weighted by Gasteiger charge is 2.19. The van der Waals surface area contributed by atoms with Crippen LogP contribution >= 0.6 is 0 Å². The number of aliphatic hydroxyl groups is 1. The molecule has 0 spiro atoms. The molecule has 112 valence electrons. The smallest absolute Gasteiger partial charge is 0.124 e. The number of ether oxygens (including phenoxy) is 1. The van der Waals surface area contributed by atoms with Gasteiger partial charge in [-0.25, -0.2) is 0 Å². The van der Waals surface area contributed by atoms with Gasteiger partial charge in [-0.15, -0.1) is 0 Å². The van der Waals surface area contributed by atoms with Gasteiger partial charge < -0.3 is 15.2 Å². The Balaban J connectivity index is 1.96. The molecule has 0 aromatic heterocycles. The van der Waals surface area contributed by atoms with Gasteiger partial charge in [-0.05, 0) is 56.7 Å². The fourth-order valence-electron chi connectivity index (χ4n) is 3.04. The van der Waals surface area contributed by atoms with Gasteiger partial charge in [0.1, 0.15) is 5.75 Å². The van der Waals surface area contributed by atoms with E-state index in [1.807, 2.05) is 19.1 Å². The van der Waals surface area contributed by atoms with Crippen molar-refractivity contribution in [2.24, 2.45) is 5.92 Å². The zero-order valence-electron chi connectivity index (χ0n) is 12.7. The van der Waals surface area contributed by atoms with Crippen LogP contribution in [0.3, 0.4) is 0 Å². The molecule has 0 aliphatic heterocycles. The Bertz CT molecular complexity index is 411. The molecule has 0 radical (unpaired) electrons. The highest BCUT2D eigenvalue weighted by atomic mass is 16.5. The minimum Gasteiger partial charge on any atom is -0.494 e. The molecule has 20 heavy (non-hydrogen) atoms. The topological polar surface area (TPSA) is 41.5 Å². The second kappa shape index (κ2) is 7.53. The highest BCUT2D eigenvalue weighted by Crippen LogP contribution is 2.30. The largest absolute Gasteiger partial charge is 0.494 e. The molecule has 1 aromatic rings. The van der Waals surface area contributed by atoms with Crippen molar-refractivity contribution in [1.29, 1.82) is 0 Å². The van der Waals surface area contributed by atoms with Gasteiger partial charge in [0.05, 0.1) is 13.2 Å². The summed E-state index contributed by atoms with van der Waals surface area (Å²) in [7, 11) is 0. The third-order valence-electron chi connectivity index (χ3n) is 4.33. The SMILES string of the molecule is CCOc1ccc(NC2CCC(CC)CC2)cc1CO. The number of aliphatic hydroxyl groups excluding tert-OH is 1. The molecule has 1 aromatic carbocycles. The summed E-state index contributed by atoms with van der Waals surface area (Å²) >= 11 is 0. The van der Waals surface area contributed by atoms with E-state index in [4.69, 9.17) is 4.74 Å². The molecule has 1 aliphatic carbocycles. The summed E-state index contributed by atoms with van der Waals surface area (Å²) in [6.07, 6.45) is 6.47. The third kappa shape index (κ3) is 3.89. The van der Waals surface area contributed by atoms with Crippen molar-refractivity contribution >= 4 is 5.69 Å². The van der Waals surface area contributed by atoms with E-state index in [1.54, 1.807) is 0 Å². The fraction of sp³-hybridized carbons (Fsp3) is 0.647. The molecule has 3 heteroatoms. The average molecular weight is 277 g/mol. The molecule has 0 heterocycles. The highest BCUT2D eigenvalue weighted by molar-refractivity contribution is 5.51. The maximum atomic E-state index is 9.43. The van der Waals surface area contributed by atoms with Crippen LogP contribution in [0.1, 0.15) is 51.5 Å². The van der Waals surface area contributed by atoms with Crippen LogP contribution in [0.25, 0.3) is 0 Å². The van der Waals surface area contributed by atoms with Crippen LogP contribution in [-0.2, 0) is 6.61 Å². The lowest BCUT2D eigenvalue weighted by Crippen LogP contribution is -2.25. The molecule has 0 atom stereocenters. The molecular formula is C17H27NO2. The lowest BCUT2D eigenvalue weighted by molar-refractivity contribution is 0.267. The van der Waals surface area contributed by atoms with Crippen molar-refractivity contribution in [3.05, 3.63) is 23.8 Å². The summed E-state index contributed by atoms with van der Waals surface area (Å²) in [6.45, 7) is 4.89. The Kier molecular flexibility index (Phi) is 5.72. The number of anilines is 1. The maximum Gasteiger partial charge on any atom is 0.124 e. The molecule has 0 saturated heterocycles. The first-order valence-corrected chi connectivity index (χ1v) is 7.89. The minimum atomic E-state index is 0.0213. The predicted octanol–water partition coefficient (Wildman–Crippen LogP) is 3.96. The van der Waals surface area contributed by atoms with Crippen LogP contribution < -0.4 is 10.1 Å². The number of nitrogens with one attached hydrogen (secondary N) is 1. The standard InChI is InChI=1S/C17H27NO2/c1-3-13-5-7-15(8-6-13)18-16-9-10-17(20-4-2)14(11-16)12-19/h9-11,13,15,18-19H,3-8,12H2,1-2H3. The lowest BCUT2D eigenvalue weighted by atomic mass is 9.84. The van der Waals surface area contributed by atoms with E-state index < -0.39 is 0 Å². The molecule has 1 fully saturated rings. The predicted molar refractivity (Wildman–Crippen MR) is 83.2 cm³/mol. The van der Waals surface area contributed by atoms with Crippen LogP contribution in [0.15, 0.2) is 18.2 Å². The average Bonchev–Trinajstić information content (AvgIpc) is 2.50. The Morgan fingerprint density at radius 2 is 1.95 bits per heavy atom. The lowest BCUT2D eigenvalue weighted by Gasteiger charge is -2.29. The van der Waals surface area contributed by atoms with Gasteiger partial charge in [0.15, 0.2) is 0 Å². The van der Waals surface area contributed by atoms with E-state index in [1.165, 1.54) is 32.1 Å². The van der Waals surface area contributed by atoms with Gasteiger partial charge >= 0.3 is 0 Å². The molecule has 0 amide bonds. The van der Waals surface area contributed by atoms with E-state index in [2.05, 4.69) is 18.3 Å². The molecule has 0 unspecified atom stereocenters. The van der Waals surface area contributed by atoms with E-state index in [9.17, 15) is 5.11 Å². The summed E-state index contributed by atoms with van der Waals surface area (Å²) < 4.78 is 5.51. The van der Waals surface area contributed by atoms with E-state index in [-0.39, 0.29) is 6.61 Å². The summed E-state index contributed by atoms with van der Waals surface area (Å²) in [4.78, 5) is 0. The maximum absolute atomic E-state index is 9.43. The number of rotatable bonds is 6. The van der Waals surface area contributed by atoms with Crippen molar-refractivity contribution in [3.8, 4) is 5.75 Å². The van der Waals surface area contributed by atoms with Crippen LogP contribution in [-0.4, -0.2) is 17.8 Å². The second-order valence-electron chi connectivity index (χ2n) is 5.68. The Labute approximate surface area is 122 Å². The first-order chi connectivity index (χ1) is 9.76. The Morgan fingerprint density at radius 3 is 2.55 bits per heavy atom. The zero-order valence-corrected chi connectivity index (χ0v) is 12.7. The zero-order chi connectivity index (χ0) is 14.4. The van der Waals surface area contributed by atoms with E-state index >= 15 is 0 Å². The van der Waals surface area contributed by atoms with Crippen molar-refractivity contribution in [2.45, 2.75) is 58.6 Å². The van der Waals surface area contributed by atoms with Gasteiger partial charge in [-0.1, -0.05) is 13.3 Å². The summed E-state index contributed by atoms with van der Waals surface area (Å²) in [6, 6.07) is 6.59. The minimum absolute atomic E-state index is 0.0213. The Morgan fingerprint density at radius 1 is 1.20 bits per heavy atom. The van der Waals surface area contributed by atoms with Crippen LogP contribution in [0.4, 0.5) is 5.69 Å². The molecule has 0 bridgehead atoms. The van der Waals surface area contributed by atoms with Gasteiger partial charge in [0.25, 0.3) is 0 Å². The molecule has 2 N–H and O–H groups in total. The first kappa shape index (κ1) is 15.2. The summed E-state index contributed by atoms with van der Waals surface area (Å²) in [5.41, 5.74) is 1.96. The summed E-state index contributed by atoms with van der Waals surface area (Å²) in [5, 5.41) is 13.0. The van der Waals surface area contributed by atoms with E-state index in [0.29, 0.717) is 12.6 Å². The second-order valence-corrected chi connectivity index (χ2v) is 5.68. The number of hydrogen-bond donors (Lipinski definition) is 2. The van der Waals surface area contributed by atoms with Gasteiger partial charge in [-0.2, -0.15) is 0 Å². The van der Waals surface area contributed by atoms with Gasteiger partial charge in [-0.3, -0.25) is 0 Å². The van der Waals surface area contributed by atoms with Crippen LogP contribution in [0.2, 0.25) is 0 Å². The van der Waals surface area contributed by atoms with Crippen molar-refractivity contribution in [3.63, 3.8) is 0 Å². The normalized spacial score (nSPS) is 22.6. The molecule has 1 saturated carbocycles. The fourth-order valence-corrected chi connectivity index (χ4v) is 3.04. The molecule has 3 nitrogen and oxygen atoms in total. The third-order valence-corrected chi connectivity index (χ3v) is 4.33. The van der Waals surface area contributed by atoms with Crippen molar-refractivity contribution in [2.75, 3.05) is 11.9 Å². The van der Waals surface area contributed by atoms with Gasteiger partial charge in [0.2, 0.25) is 0 Å². The number of benzene rings is 1. The molecule has 2 rings (SSSR count). The Hall–Kier alpha value is -1.22. The van der Waals surface area contributed by atoms with Crippen LogP contribution in [0, 0.1) is 5.92 Å². The monoisotopic (exact) mass is 277 g/mol. The van der Waals surface area contributed by atoms with E-state index in [0.717, 1.165) is 22.9 Å². The van der Waals surface area contributed by atoms with Crippen LogP contribution in [0.5, 0.6) is 5.75 Å². The molecule has 1 aliphatic rings. The van der Waals surface area contributed by atoms with Crippen molar-refractivity contribution < 1.29 is 9.84 Å². The van der Waals surface area contributed by atoms with Crippen molar-refractivity contribution in [1.82, 2.24) is 0 Å². The van der Waals surface area contributed by atoms with Gasteiger partial charge in [0, 0.05) is 17.3 Å².